The van der Waals surface area contributed by atoms with Gasteiger partial charge in [-0.1, -0.05) is 40.8 Å². The number of aryl methyl sites for hydroxylation is 1. The number of carbonyl (C=O) groups excluding carboxylic acids is 1. The molecule has 0 aliphatic carbocycles. The Labute approximate surface area is 279 Å². The van der Waals surface area contributed by atoms with E-state index in [1.165, 1.54) is 4.31 Å². The third-order valence-electron chi connectivity index (χ3n) is 7.98. The zero-order chi connectivity index (χ0) is 32.5. The summed E-state index contributed by atoms with van der Waals surface area (Å²) in [7, 11) is -3.73. The van der Waals surface area contributed by atoms with E-state index in [1.54, 1.807) is 24.3 Å². The number of alkyl halides is 1. The molecule has 0 atom stereocenters. The number of halogens is 1. The predicted octanol–water partition coefficient (Wildman–Crippen LogP) is 3.03. The van der Waals surface area contributed by atoms with Gasteiger partial charge in [-0.15, -0.1) is 0 Å². The van der Waals surface area contributed by atoms with Gasteiger partial charge in [-0.05, 0) is 56.2 Å². The number of guanidine groups is 1. The van der Waals surface area contributed by atoms with Gasteiger partial charge in [0.05, 0.1) is 16.1 Å². The lowest BCUT2D eigenvalue weighted by atomic mass is 9.90. The summed E-state index contributed by atoms with van der Waals surface area (Å²) in [5, 5.41) is 6.40. The molecule has 6 N–H and O–H groups in total. The lowest BCUT2D eigenvalue weighted by Crippen LogP contribution is -2.53. The van der Waals surface area contributed by atoms with E-state index in [9.17, 15) is 13.2 Å². The first-order valence-corrected chi connectivity index (χ1v) is 17.4. The quantitative estimate of drug-likeness (QED) is 0.151. The minimum atomic E-state index is -3.73. The van der Waals surface area contributed by atoms with Crippen molar-refractivity contribution >= 4 is 56.1 Å². The van der Waals surface area contributed by atoms with Gasteiger partial charge in [0.15, 0.2) is 17.5 Å². The molecule has 240 valence electrons. The van der Waals surface area contributed by atoms with E-state index in [4.69, 9.17) is 20.6 Å². The van der Waals surface area contributed by atoms with E-state index in [1.807, 2.05) is 37.3 Å². The maximum atomic E-state index is 13.5. The smallest absolute Gasteiger partial charge is 0.302 e. The number of ether oxygens (including phenoxy) is 1. The van der Waals surface area contributed by atoms with E-state index < -0.39 is 21.5 Å². The van der Waals surface area contributed by atoms with Gasteiger partial charge < -0.3 is 31.3 Å². The Bertz CT molecular complexity index is 1890. The van der Waals surface area contributed by atoms with Crippen molar-refractivity contribution in [3.05, 3.63) is 77.4 Å². The molecule has 0 unspecified atom stereocenters. The van der Waals surface area contributed by atoms with Crippen LogP contribution in [0.2, 0.25) is 0 Å². The van der Waals surface area contributed by atoms with Crippen LogP contribution in [-0.4, -0.2) is 64.7 Å². The van der Waals surface area contributed by atoms with Crippen molar-refractivity contribution in [1.29, 1.82) is 0 Å². The summed E-state index contributed by atoms with van der Waals surface area (Å²) in [5.74, 6) is 1.41. The zero-order valence-electron chi connectivity index (χ0n) is 24.9. The number of oxazole rings is 1. The number of rotatable bonds is 8. The van der Waals surface area contributed by atoms with E-state index in [-0.39, 0.29) is 34.8 Å². The van der Waals surface area contributed by atoms with Crippen LogP contribution in [0, 0.1) is 6.92 Å². The van der Waals surface area contributed by atoms with Crippen LogP contribution in [0.1, 0.15) is 40.5 Å². The number of carbonyl (C=O) groups is 1. The molecule has 46 heavy (non-hydrogen) atoms. The summed E-state index contributed by atoms with van der Waals surface area (Å²) in [6.45, 7) is 3.08. The lowest BCUT2D eigenvalue weighted by molar-refractivity contribution is 0.0998. The second kappa shape index (κ2) is 12.8. The molecule has 0 bridgehead atoms. The van der Waals surface area contributed by atoms with E-state index in [0.717, 1.165) is 5.56 Å². The number of piperidine rings is 1. The number of nitrogens with zero attached hydrogens (tertiary/aromatic N) is 5. The largest absolute Gasteiger partial charge is 0.487 e. The van der Waals surface area contributed by atoms with E-state index >= 15 is 0 Å². The van der Waals surface area contributed by atoms with Crippen molar-refractivity contribution in [2.75, 3.05) is 31.1 Å². The van der Waals surface area contributed by atoms with Crippen LogP contribution in [0.4, 0.5) is 11.6 Å². The molecule has 1 amide bonds. The highest BCUT2D eigenvalue weighted by Crippen LogP contribution is 2.30. The normalized spacial score (nSPS) is 17.1. The fourth-order valence-corrected chi connectivity index (χ4v) is 7.30. The van der Waals surface area contributed by atoms with E-state index in [2.05, 4.69) is 53.2 Å². The molecule has 2 aliphatic heterocycles. The minimum absolute atomic E-state index is 0.0688. The number of anilines is 2. The number of amides is 1. The average molecular weight is 758 g/mol. The van der Waals surface area contributed by atoms with Crippen molar-refractivity contribution in [2.45, 2.75) is 41.2 Å². The fourth-order valence-electron chi connectivity index (χ4n) is 5.30. The first-order chi connectivity index (χ1) is 22.1. The monoisotopic (exact) mass is 757 g/mol. The Morgan fingerprint density at radius 2 is 1.76 bits per heavy atom. The number of sulfonamides is 1. The van der Waals surface area contributed by atoms with Gasteiger partial charge in [0, 0.05) is 29.6 Å². The molecular weight excluding hydrogens is 725 g/mol. The lowest BCUT2D eigenvalue weighted by Gasteiger charge is -2.37. The number of nitrogens with one attached hydrogen (secondary N) is 2. The Hall–Kier alpha value is -4.29. The Kier molecular flexibility index (Phi) is 8.84. The molecule has 0 saturated carbocycles. The van der Waals surface area contributed by atoms with Crippen LogP contribution in [0.25, 0.3) is 11.5 Å². The van der Waals surface area contributed by atoms with E-state index in [0.29, 0.717) is 65.7 Å². The molecule has 2 aliphatic rings. The molecule has 4 heterocycles. The SMILES string of the molecule is Cc1oc(-c2ccccc2)nc1COc1ccc(S(=O)(=O)N2CCC3(CC2)CN/C(=N\C(=O)c2nc(CI)c(N)nc2N)N3)cc1. The highest BCUT2D eigenvalue weighted by atomic mass is 127. The Morgan fingerprint density at radius 3 is 2.46 bits per heavy atom. The number of nitrogen functional groups attached to an aromatic ring is 2. The van der Waals surface area contributed by atoms with Gasteiger partial charge in [0.1, 0.15) is 29.6 Å². The van der Waals surface area contributed by atoms with Gasteiger partial charge in [-0.2, -0.15) is 9.30 Å². The predicted molar refractivity (Wildman–Crippen MR) is 180 cm³/mol. The fraction of sp³-hybridized carbons (Fsp3) is 0.300. The molecule has 2 fully saturated rings. The van der Waals surface area contributed by atoms with Gasteiger partial charge >= 0.3 is 5.91 Å². The van der Waals surface area contributed by atoms with Crippen molar-refractivity contribution in [2.24, 2.45) is 4.99 Å². The molecule has 14 nitrogen and oxygen atoms in total. The van der Waals surface area contributed by atoms with Crippen molar-refractivity contribution in [3.63, 3.8) is 0 Å². The zero-order valence-corrected chi connectivity index (χ0v) is 27.8. The van der Waals surface area contributed by atoms with Crippen LogP contribution < -0.4 is 26.8 Å². The first-order valence-electron chi connectivity index (χ1n) is 14.4. The van der Waals surface area contributed by atoms with Crippen molar-refractivity contribution < 1.29 is 22.4 Å². The summed E-state index contributed by atoms with van der Waals surface area (Å²) >= 11 is 2.07. The molecule has 16 heteroatoms. The van der Waals surface area contributed by atoms with Crippen LogP contribution in [0.15, 0.2) is 68.9 Å². The molecule has 2 saturated heterocycles. The van der Waals surface area contributed by atoms with Gasteiger partial charge in [-0.3, -0.25) is 4.79 Å². The Morgan fingerprint density at radius 1 is 1.04 bits per heavy atom. The summed E-state index contributed by atoms with van der Waals surface area (Å²) in [6.07, 6.45) is 1.02. The topological polar surface area (TPSA) is 204 Å². The van der Waals surface area contributed by atoms with Crippen LogP contribution in [0.5, 0.6) is 5.75 Å². The second-order valence-electron chi connectivity index (χ2n) is 11.0. The minimum Gasteiger partial charge on any atom is -0.487 e. The highest BCUT2D eigenvalue weighted by Gasteiger charge is 2.42. The number of nitrogens with two attached hydrogens (primary N) is 2. The molecule has 0 radical (unpaired) electrons. The molecule has 1 spiro atoms. The number of benzene rings is 2. The van der Waals surface area contributed by atoms with Crippen LogP contribution in [0.3, 0.4) is 0 Å². The molecule has 6 rings (SSSR count). The highest BCUT2D eigenvalue weighted by molar-refractivity contribution is 14.1. The third-order valence-corrected chi connectivity index (χ3v) is 10.6. The summed E-state index contributed by atoms with van der Waals surface area (Å²) < 4.78 is 40.5. The maximum absolute atomic E-state index is 13.5. The maximum Gasteiger partial charge on any atom is 0.302 e. The van der Waals surface area contributed by atoms with Crippen LogP contribution in [-0.2, 0) is 21.1 Å². The molecule has 2 aromatic heterocycles. The van der Waals surface area contributed by atoms with Gasteiger partial charge in [-0.25, -0.2) is 23.4 Å². The van der Waals surface area contributed by atoms with Crippen molar-refractivity contribution in [3.8, 4) is 17.2 Å². The summed E-state index contributed by atoms with van der Waals surface area (Å²) in [6, 6.07) is 16.0. The number of hydrogen-bond acceptors (Lipinski definition) is 10. The number of hydrogen-bond donors (Lipinski definition) is 4. The average Bonchev–Trinajstić information content (AvgIpc) is 3.63. The van der Waals surface area contributed by atoms with Crippen LogP contribution >= 0.6 is 22.6 Å². The molecule has 2 aromatic carbocycles. The number of aliphatic imine (C=N–C) groups is 1. The third kappa shape index (κ3) is 6.50. The first kappa shape index (κ1) is 31.7. The van der Waals surface area contributed by atoms with Gasteiger partial charge in [0.2, 0.25) is 15.9 Å². The van der Waals surface area contributed by atoms with Gasteiger partial charge in [0.25, 0.3) is 0 Å². The molecule has 4 aromatic rings. The molecular formula is C30H32IN9O5S. The van der Waals surface area contributed by atoms with Crippen molar-refractivity contribution in [1.82, 2.24) is 29.9 Å². The Balaban J connectivity index is 1.05. The number of aromatic nitrogens is 3. The second-order valence-corrected chi connectivity index (χ2v) is 13.7. The standard InChI is InChI=1S/C30H32IN9O5S/c1-18-23(36-28(45-18)19-5-3-2-4-6-19)16-44-20-7-9-21(10-8-20)46(42,43)40-13-11-30(12-14-40)17-34-29(39-30)38-27(41)24-26(33)37-25(32)22(15-31)35-24/h2-10H,11-17H2,1H3,(H4,32,33,37)(H2,34,38,39,41). The summed E-state index contributed by atoms with van der Waals surface area (Å²) in [5.41, 5.74) is 13.2. The summed E-state index contributed by atoms with van der Waals surface area (Å²) in [4.78, 5) is 29.9.